The first-order valence-electron chi connectivity index (χ1n) is 26.8. The molecule has 0 radical (unpaired) electrons. The van der Waals surface area contributed by atoms with Crippen LogP contribution in [0, 0.1) is 0 Å². The van der Waals surface area contributed by atoms with Crippen LogP contribution in [0.5, 0.6) is 0 Å². The van der Waals surface area contributed by atoms with Gasteiger partial charge in [0.15, 0.2) is 6.10 Å². The average Bonchev–Trinajstić information content (AvgIpc) is 3.28. The maximum Gasteiger partial charge on any atom is 0.306 e. The Morgan fingerprint density at radius 3 is 0.984 bits per heavy atom. The molecule has 1 atom stereocenters. The molecule has 0 aliphatic heterocycles. The number of unbranched alkanes of at least 4 members (excludes halogenated alkanes) is 27. The molecule has 0 rings (SSSR count). The number of allylic oxidation sites excluding steroid dienone is 10. The van der Waals surface area contributed by atoms with E-state index in [2.05, 4.69) is 81.5 Å². The largest absolute Gasteiger partial charge is 0.462 e. The lowest BCUT2D eigenvalue weighted by molar-refractivity contribution is -0.167. The lowest BCUT2D eigenvalue weighted by Crippen LogP contribution is -2.30. The van der Waals surface area contributed by atoms with Crippen LogP contribution in [0.2, 0.25) is 0 Å². The first kappa shape index (κ1) is 60.1. The van der Waals surface area contributed by atoms with Crippen LogP contribution < -0.4 is 0 Å². The smallest absolute Gasteiger partial charge is 0.306 e. The van der Waals surface area contributed by atoms with E-state index in [0.29, 0.717) is 19.3 Å². The van der Waals surface area contributed by atoms with E-state index in [1.54, 1.807) is 0 Å². The van der Waals surface area contributed by atoms with E-state index in [1.807, 2.05) is 0 Å². The van der Waals surface area contributed by atoms with Crippen LogP contribution in [-0.2, 0) is 28.6 Å². The van der Waals surface area contributed by atoms with Gasteiger partial charge in [-0.15, -0.1) is 0 Å². The van der Waals surface area contributed by atoms with Crippen LogP contribution in [0.1, 0.15) is 265 Å². The normalized spacial score (nSPS) is 12.5. The number of esters is 3. The standard InChI is InChI=1S/C57H100O6/c1-4-7-10-13-16-19-22-25-28-31-34-37-40-43-46-49-55(58)61-52-54(63-57(60)51-48-45-42-39-36-33-30-27-24-21-18-15-12-9-6-3)53-62-56(59)50-47-44-41-38-35-32-29-26-23-20-17-14-11-8-5-2/h7,10,16,19,25-30,54H,4-6,8-9,11-15,17-18,20-24,31-53H2,1-3H3/t54-/m0/s1. The summed E-state index contributed by atoms with van der Waals surface area (Å²) in [6.07, 6.45) is 63.4. The molecule has 0 amide bonds. The quantitative estimate of drug-likeness (QED) is 0.0262. The van der Waals surface area contributed by atoms with Crippen molar-refractivity contribution < 1.29 is 28.6 Å². The van der Waals surface area contributed by atoms with Crippen LogP contribution in [0.3, 0.4) is 0 Å². The number of carbonyl (C=O) groups is 3. The van der Waals surface area contributed by atoms with Gasteiger partial charge in [0.1, 0.15) is 13.2 Å². The third-order valence-corrected chi connectivity index (χ3v) is 11.5. The van der Waals surface area contributed by atoms with Gasteiger partial charge in [0.05, 0.1) is 0 Å². The van der Waals surface area contributed by atoms with Gasteiger partial charge in [-0.1, -0.05) is 204 Å². The molecule has 0 aliphatic rings. The summed E-state index contributed by atoms with van der Waals surface area (Å²) >= 11 is 0. The van der Waals surface area contributed by atoms with E-state index in [9.17, 15) is 14.4 Å². The third kappa shape index (κ3) is 50.0. The van der Waals surface area contributed by atoms with Gasteiger partial charge in [0.25, 0.3) is 0 Å². The second kappa shape index (κ2) is 51.7. The molecule has 0 aromatic heterocycles. The predicted octanol–water partition coefficient (Wildman–Crippen LogP) is 17.6. The van der Waals surface area contributed by atoms with Crippen molar-refractivity contribution in [2.75, 3.05) is 13.2 Å². The highest BCUT2D eigenvalue weighted by atomic mass is 16.6. The summed E-state index contributed by atoms with van der Waals surface area (Å²) in [5, 5.41) is 0. The highest BCUT2D eigenvalue weighted by Crippen LogP contribution is 2.14. The molecule has 0 aromatic rings. The summed E-state index contributed by atoms with van der Waals surface area (Å²) in [4.78, 5) is 38.0. The summed E-state index contributed by atoms with van der Waals surface area (Å²) in [5.74, 6) is -0.915. The Bertz CT molecular complexity index is 1150. The maximum atomic E-state index is 12.8. The lowest BCUT2D eigenvalue weighted by atomic mass is 10.1. The van der Waals surface area contributed by atoms with Gasteiger partial charge in [-0.25, -0.2) is 0 Å². The molecule has 0 N–H and O–H groups in total. The van der Waals surface area contributed by atoms with Gasteiger partial charge in [-0.3, -0.25) is 14.4 Å². The third-order valence-electron chi connectivity index (χ3n) is 11.5. The minimum atomic E-state index is -0.788. The zero-order valence-corrected chi connectivity index (χ0v) is 41.6. The summed E-state index contributed by atoms with van der Waals surface area (Å²) in [5.41, 5.74) is 0. The first-order chi connectivity index (χ1) is 31.0. The second-order valence-corrected chi connectivity index (χ2v) is 17.7. The van der Waals surface area contributed by atoms with Gasteiger partial charge >= 0.3 is 17.9 Å². The molecule has 364 valence electrons. The highest BCUT2D eigenvalue weighted by Gasteiger charge is 2.19. The Balaban J connectivity index is 4.42. The number of ether oxygens (including phenoxy) is 3. The highest BCUT2D eigenvalue weighted by molar-refractivity contribution is 5.71. The van der Waals surface area contributed by atoms with E-state index in [0.717, 1.165) is 116 Å². The Labute approximate surface area is 390 Å². The molecular weight excluding hydrogens is 781 g/mol. The van der Waals surface area contributed by atoms with Gasteiger partial charge < -0.3 is 14.2 Å². The Morgan fingerprint density at radius 2 is 0.619 bits per heavy atom. The van der Waals surface area contributed by atoms with E-state index in [-0.39, 0.29) is 31.1 Å². The van der Waals surface area contributed by atoms with Crippen molar-refractivity contribution >= 4 is 17.9 Å². The molecule has 0 saturated heterocycles. The summed E-state index contributed by atoms with van der Waals surface area (Å²) in [7, 11) is 0. The van der Waals surface area contributed by atoms with Crippen molar-refractivity contribution in [1.29, 1.82) is 0 Å². The fraction of sp³-hybridized carbons (Fsp3) is 0.772. The summed E-state index contributed by atoms with van der Waals surface area (Å²) in [6.45, 7) is 6.50. The zero-order chi connectivity index (χ0) is 45.8. The van der Waals surface area contributed by atoms with Crippen molar-refractivity contribution in [1.82, 2.24) is 0 Å². The fourth-order valence-corrected chi connectivity index (χ4v) is 7.45. The lowest BCUT2D eigenvalue weighted by Gasteiger charge is -2.18. The molecule has 6 heteroatoms. The van der Waals surface area contributed by atoms with Crippen LogP contribution in [0.15, 0.2) is 60.8 Å². The van der Waals surface area contributed by atoms with Crippen molar-refractivity contribution in [2.45, 2.75) is 271 Å². The van der Waals surface area contributed by atoms with Crippen molar-refractivity contribution in [3.8, 4) is 0 Å². The van der Waals surface area contributed by atoms with Crippen molar-refractivity contribution in [2.24, 2.45) is 0 Å². The monoisotopic (exact) mass is 881 g/mol. The molecule has 0 fully saturated rings. The molecule has 0 heterocycles. The van der Waals surface area contributed by atoms with Crippen molar-refractivity contribution in [3.63, 3.8) is 0 Å². The molecule has 0 aromatic carbocycles. The molecule has 63 heavy (non-hydrogen) atoms. The molecule has 0 saturated carbocycles. The number of carbonyl (C=O) groups excluding carboxylic acids is 3. The van der Waals surface area contributed by atoms with Gasteiger partial charge in [0, 0.05) is 19.3 Å². The maximum absolute atomic E-state index is 12.8. The Hall–Kier alpha value is -2.89. The summed E-state index contributed by atoms with van der Waals surface area (Å²) in [6, 6.07) is 0. The van der Waals surface area contributed by atoms with E-state index < -0.39 is 6.10 Å². The van der Waals surface area contributed by atoms with E-state index in [1.165, 1.54) is 109 Å². The number of hydrogen-bond acceptors (Lipinski definition) is 6. The topological polar surface area (TPSA) is 78.9 Å². The Kier molecular flexibility index (Phi) is 49.4. The molecule has 0 unspecified atom stereocenters. The molecule has 0 aliphatic carbocycles. The first-order valence-corrected chi connectivity index (χ1v) is 26.8. The Morgan fingerprint density at radius 1 is 0.333 bits per heavy atom. The molecule has 0 spiro atoms. The van der Waals surface area contributed by atoms with Gasteiger partial charge in [-0.05, 0) is 103 Å². The van der Waals surface area contributed by atoms with Crippen LogP contribution in [-0.4, -0.2) is 37.2 Å². The van der Waals surface area contributed by atoms with E-state index in [4.69, 9.17) is 14.2 Å². The van der Waals surface area contributed by atoms with Crippen molar-refractivity contribution in [3.05, 3.63) is 60.8 Å². The predicted molar refractivity (Wildman–Crippen MR) is 270 cm³/mol. The number of hydrogen-bond donors (Lipinski definition) is 0. The zero-order valence-electron chi connectivity index (χ0n) is 41.6. The van der Waals surface area contributed by atoms with Crippen LogP contribution in [0.4, 0.5) is 0 Å². The molecule has 6 nitrogen and oxygen atoms in total. The van der Waals surface area contributed by atoms with E-state index >= 15 is 0 Å². The van der Waals surface area contributed by atoms with Crippen LogP contribution >= 0.6 is 0 Å². The SMILES string of the molecule is CCC=CCC=CCC=CCCCCCCCC(=O)OC[C@@H](COC(=O)CCCCCCCC=CCCCCCCCC)OC(=O)CCCCCCCC=CCCCCCCCC. The molecule has 0 bridgehead atoms. The molecular formula is C57H100O6. The minimum absolute atomic E-state index is 0.0870. The number of rotatable bonds is 48. The second-order valence-electron chi connectivity index (χ2n) is 17.7. The van der Waals surface area contributed by atoms with Gasteiger partial charge in [0.2, 0.25) is 0 Å². The fourth-order valence-electron chi connectivity index (χ4n) is 7.45. The average molecular weight is 881 g/mol. The summed E-state index contributed by atoms with van der Waals surface area (Å²) < 4.78 is 16.8. The van der Waals surface area contributed by atoms with Gasteiger partial charge in [-0.2, -0.15) is 0 Å². The minimum Gasteiger partial charge on any atom is -0.462 e. The van der Waals surface area contributed by atoms with Crippen LogP contribution in [0.25, 0.3) is 0 Å².